The Morgan fingerprint density at radius 2 is 1.27 bits per heavy atom. The third-order valence-electron chi connectivity index (χ3n) is 3.61. The van der Waals surface area contributed by atoms with Crippen molar-refractivity contribution < 1.29 is 4.74 Å². The summed E-state index contributed by atoms with van der Waals surface area (Å²) in [5, 5.41) is 0. The molecule has 0 aromatic heterocycles. The van der Waals surface area contributed by atoms with Crippen molar-refractivity contribution in [3.8, 4) is 16.9 Å². The second-order valence-electron chi connectivity index (χ2n) is 5.06. The van der Waals surface area contributed by atoms with Gasteiger partial charge in [0.25, 0.3) is 0 Å². The molecule has 3 aromatic carbocycles. The van der Waals surface area contributed by atoms with E-state index in [-0.39, 0.29) is 0 Å². The van der Waals surface area contributed by atoms with Gasteiger partial charge in [0.2, 0.25) is 0 Å². The van der Waals surface area contributed by atoms with E-state index in [4.69, 9.17) is 4.74 Å². The average Bonchev–Trinajstić information content (AvgIpc) is 2.61. The molecule has 3 rings (SSSR count). The molecule has 0 aliphatic carbocycles. The summed E-state index contributed by atoms with van der Waals surface area (Å²) in [5.41, 5.74) is 4.72. The summed E-state index contributed by atoms with van der Waals surface area (Å²) in [5.74, 6) is 0.889. The van der Waals surface area contributed by atoms with Gasteiger partial charge in [0, 0.05) is 5.56 Å². The van der Waals surface area contributed by atoms with Crippen LogP contribution in [-0.2, 0) is 0 Å². The van der Waals surface area contributed by atoms with Gasteiger partial charge in [-0.3, -0.25) is 0 Å². The molecule has 0 amide bonds. The van der Waals surface area contributed by atoms with Gasteiger partial charge in [-0.15, -0.1) is 0 Å². The first-order valence-electron chi connectivity index (χ1n) is 7.33. The molecule has 0 radical (unpaired) electrons. The number of para-hydroxylation sites is 1. The van der Waals surface area contributed by atoms with Crippen molar-refractivity contribution in [1.82, 2.24) is 0 Å². The van der Waals surface area contributed by atoms with E-state index < -0.39 is 0 Å². The summed E-state index contributed by atoms with van der Waals surface area (Å²) in [6.45, 7) is 0. The summed E-state index contributed by atoms with van der Waals surface area (Å²) in [4.78, 5) is 0. The Kier molecular flexibility index (Phi) is 4.35. The fourth-order valence-corrected chi connectivity index (χ4v) is 2.41. The summed E-state index contributed by atoms with van der Waals surface area (Å²) in [6.07, 6.45) is 4.18. The Balaban J connectivity index is 1.80. The number of methoxy groups -OCH3 is 1. The van der Waals surface area contributed by atoms with E-state index >= 15 is 0 Å². The van der Waals surface area contributed by atoms with Crippen molar-refractivity contribution in [2.75, 3.05) is 7.11 Å². The number of benzene rings is 3. The molecular formula is C21H18O. The van der Waals surface area contributed by atoms with Crippen molar-refractivity contribution >= 4 is 12.2 Å². The maximum absolute atomic E-state index is 5.36. The molecule has 0 spiro atoms. The van der Waals surface area contributed by atoms with Gasteiger partial charge < -0.3 is 4.74 Å². The smallest absolute Gasteiger partial charge is 0.126 e. The monoisotopic (exact) mass is 286 g/mol. The summed E-state index contributed by atoms with van der Waals surface area (Å²) < 4.78 is 5.36. The standard InChI is InChI=1S/C21H18O/c1-22-21-10-6-5-9-20(21)16-13-17-11-14-19(15-12-17)18-7-3-2-4-8-18/h2-16H,1H3. The van der Waals surface area contributed by atoms with Crippen molar-refractivity contribution in [3.63, 3.8) is 0 Å². The number of hydrogen-bond acceptors (Lipinski definition) is 1. The third-order valence-corrected chi connectivity index (χ3v) is 3.61. The van der Waals surface area contributed by atoms with Gasteiger partial charge in [-0.05, 0) is 22.8 Å². The Bertz CT molecular complexity index is 755. The Morgan fingerprint density at radius 1 is 0.636 bits per heavy atom. The SMILES string of the molecule is COc1ccccc1C=Cc1ccc(-c2ccccc2)cc1. The highest BCUT2D eigenvalue weighted by Gasteiger charge is 1.98. The van der Waals surface area contributed by atoms with E-state index in [1.54, 1.807) is 7.11 Å². The van der Waals surface area contributed by atoms with E-state index in [0.717, 1.165) is 11.3 Å². The van der Waals surface area contributed by atoms with Gasteiger partial charge >= 0.3 is 0 Å². The van der Waals surface area contributed by atoms with E-state index in [1.165, 1.54) is 16.7 Å². The lowest BCUT2D eigenvalue weighted by atomic mass is 10.0. The van der Waals surface area contributed by atoms with Crippen LogP contribution in [0.3, 0.4) is 0 Å². The molecule has 0 heterocycles. The van der Waals surface area contributed by atoms with Gasteiger partial charge in [-0.2, -0.15) is 0 Å². The zero-order valence-corrected chi connectivity index (χ0v) is 12.6. The van der Waals surface area contributed by atoms with Crippen molar-refractivity contribution in [2.45, 2.75) is 0 Å². The molecule has 0 N–H and O–H groups in total. The Morgan fingerprint density at radius 3 is 2.00 bits per heavy atom. The molecule has 0 saturated carbocycles. The second kappa shape index (κ2) is 6.77. The highest BCUT2D eigenvalue weighted by Crippen LogP contribution is 2.22. The predicted octanol–water partition coefficient (Wildman–Crippen LogP) is 5.53. The minimum absolute atomic E-state index is 0.889. The molecule has 22 heavy (non-hydrogen) atoms. The number of rotatable bonds is 4. The first-order chi connectivity index (χ1) is 10.9. The van der Waals surface area contributed by atoms with Crippen LogP contribution in [0.5, 0.6) is 5.75 Å². The molecule has 0 unspecified atom stereocenters. The first-order valence-corrected chi connectivity index (χ1v) is 7.33. The molecule has 108 valence electrons. The number of ether oxygens (including phenoxy) is 1. The predicted molar refractivity (Wildman–Crippen MR) is 93.8 cm³/mol. The molecule has 3 aromatic rings. The minimum atomic E-state index is 0.889. The summed E-state index contributed by atoms with van der Waals surface area (Å²) >= 11 is 0. The van der Waals surface area contributed by atoms with Crippen molar-refractivity contribution in [2.24, 2.45) is 0 Å². The summed E-state index contributed by atoms with van der Waals surface area (Å²) in [7, 11) is 1.70. The highest BCUT2D eigenvalue weighted by molar-refractivity contribution is 5.74. The zero-order chi connectivity index (χ0) is 15.2. The normalized spacial score (nSPS) is 10.8. The van der Waals surface area contributed by atoms with E-state index in [1.807, 2.05) is 30.3 Å². The van der Waals surface area contributed by atoms with Crippen LogP contribution >= 0.6 is 0 Å². The van der Waals surface area contributed by atoms with Gasteiger partial charge in [-0.1, -0.05) is 84.9 Å². The van der Waals surface area contributed by atoms with Gasteiger partial charge in [0.15, 0.2) is 0 Å². The lowest BCUT2D eigenvalue weighted by Crippen LogP contribution is -1.85. The van der Waals surface area contributed by atoms with Crippen LogP contribution in [0, 0.1) is 0 Å². The highest BCUT2D eigenvalue weighted by atomic mass is 16.5. The Hall–Kier alpha value is -2.80. The quantitative estimate of drug-likeness (QED) is 0.573. The van der Waals surface area contributed by atoms with Crippen LogP contribution in [0.25, 0.3) is 23.3 Å². The van der Waals surface area contributed by atoms with Crippen LogP contribution in [0.2, 0.25) is 0 Å². The van der Waals surface area contributed by atoms with Crippen LogP contribution in [0.4, 0.5) is 0 Å². The molecular weight excluding hydrogens is 268 g/mol. The van der Waals surface area contributed by atoms with Crippen LogP contribution in [0.15, 0.2) is 78.9 Å². The molecule has 1 nitrogen and oxygen atoms in total. The van der Waals surface area contributed by atoms with Gasteiger partial charge in [0.1, 0.15) is 5.75 Å². The van der Waals surface area contributed by atoms with Gasteiger partial charge in [0.05, 0.1) is 7.11 Å². The zero-order valence-electron chi connectivity index (χ0n) is 12.6. The molecule has 0 saturated heterocycles. The lowest BCUT2D eigenvalue weighted by molar-refractivity contribution is 0.414. The Labute approximate surface area is 131 Å². The first kappa shape index (κ1) is 14.2. The lowest BCUT2D eigenvalue weighted by Gasteiger charge is -2.04. The fraction of sp³-hybridized carbons (Fsp3) is 0.0476. The molecule has 0 fully saturated rings. The molecule has 0 atom stereocenters. The minimum Gasteiger partial charge on any atom is -0.496 e. The van der Waals surface area contributed by atoms with Crippen LogP contribution in [-0.4, -0.2) is 7.11 Å². The van der Waals surface area contributed by atoms with Gasteiger partial charge in [-0.25, -0.2) is 0 Å². The largest absolute Gasteiger partial charge is 0.496 e. The molecule has 0 bridgehead atoms. The van der Waals surface area contributed by atoms with Crippen molar-refractivity contribution in [1.29, 1.82) is 0 Å². The fourth-order valence-electron chi connectivity index (χ4n) is 2.41. The summed E-state index contributed by atoms with van der Waals surface area (Å²) in [6, 6.07) is 27.0. The topological polar surface area (TPSA) is 9.23 Å². The second-order valence-corrected chi connectivity index (χ2v) is 5.06. The van der Waals surface area contributed by atoms with E-state index in [0.29, 0.717) is 0 Å². The maximum atomic E-state index is 5.36. The third kappa shape index (κ3) is 3.26. The molecule has 0 aliphatic heterocycles. The van der Waals surface area contributed by atoms with Crippen LogP contribution in [0.1, 0.15) is 11.1 Å². The molecule has 0 aliphatic rings. The van der Waals surface area contributed by atoms with E-state index in [2.05, 4.69) is 60.7 Å². The van der Waals surface area contributed by atoms with Crippen molar-refractivity contribution in [3.05, 3.63) is 90.0 Å². The number of hydrogen-bond donors (Lipinski definition) is 0. The van der Waals surface area contributed by atoms with Crippen LogP contribution < -0.4 is 4.74 Å². The molecule has 1 heteroatoms. The average molecular weight is 286 g/mol. The maximum Gasteiger partial charge on any atom is 0.126 e. The van der Waals surface area contributed by atoms with E-state index in [9.17, 15) is 0 Å².